The molecule has 0 atom stereocenters. The first kappa shape index (κ1) is 18.2. The van der Waals surface area contributed by atoms with Gasteiger partial charge in [-0.25, -0.2) is 0 Å². The standard InChI is InChI=1S/C29H23N/c1-30(28-17-9-7-15-26(28)23-12-3-2-4-13-23)29-18-10-8-16-27(29)25-20-19-22-11-5-6-14-24(22)21-25/h2-21H,1H3. The van der Waals surface area contributed by atoms with Crippen LogP contribution in [0, 0.1) is 0 Å². The summed E-state index contributed by atoms with van der Waals surface area (Å²) in [6.07, 6.45) is 0. The van der Waals surface area contributed by atoms with Crippen LogP contribution in [0.1, 0.15) is 0 Å². The van der Waals surface area contributed by atoms with Crippen molar-refractivity contribution in [1.82, 2.24) is 0 Å². The van der Waals surface area contributed by atoms with Gasteiger partial charge in [0.1, 0.15) is 0 Å². The Labute approximate surface area is 177 Å². The minimum absolute atomic E-state index is 1.19. The fraction of sp³-hybridized carbons (Fsp3) is 0.0345. The number of benzene rings is 5. The molecule has 0 N–H and O–H groups in total. The molecule has 0 bridgehead atoms. The molecule has 0 aliphatic heterocycles. The lowest BCUT2D eigenvalue weighted by Crippen LogP contribution is -2.11. The van der Waals surface area contributed by atoms with E-state index in [0.717, 1.165) is 0 Å². The zero-order valence-corrected chi connectivity index (χ0v) is 17.0. The van der Waals surface area contributed by atoms with Crippen LogP contribution in [0.25, 0.3) is 33.0 Å². The number of anilines is 2. The lowest BCUT2D eigenvalue weighted by Gasteiger charge is -2.25. The van der Waals surface area contributed by atoms with Crippen molar-refractivity contribution in [2.24, 2.45) is 0 Å². The van der Waals surface area contributed by atoms with E-state index in [2.05, 4.69) is 133 Å². The summed E-state index contributed by atoms with van der Waals surface area (Å²) >= 11 is 0. The molecule has 0 aliphatic rings. The molecule has 0 aromatic heterocycles. The van der Waals surface area contributed by atoms with Gasteiger partial charge in [0, 0.05) is 29.5 Å². The number of rotatable bonds is 4. The molecule has 0 saturated heterocycles. The average Bonchev–Trinajstić information content (AvgIpc) is 2.84. The van der Waals surface area contributed by atoms with E-state index < -0.39 is 0 Å². The Kier molecular flexibility index (Phi) is 4.78. The van der Waals surface area contributed by atoms with Crippen LogP contribution in [0.5, 0.6) is 0 Å². The van der Waals surface area contributed by atoms with Gasteiger partial charge >= 0.3 is 0 Å². The summed E-state index contributed by atoms with van der Waals surface area (Å²) in [6, 6.07) is 43.1. The molecule has 0 fully saturated rings. The largest absolute Gasteiger partial charge is 0.344 e. The van der Waals surface area contributed by atoms with Gasteiger partial charge in [-0.2, -0.15) is 0 Å². The summed E-state index contributed by atoms with van der Waals surface area (Å²) in [5.41, 5.74) is 7.30. The van der Waals surface area contributed by atoms with Gasteiger partial charge in [-0.15, -0.1) is 0 Å². The van der Waals surface area contributed by atoms with E-state index in [-0.39, 0.29) is 0 Å². The second-order valence-corrected chi connectivity index (χ2v) is 7.52. The topological polar surface area (TPSA) is 3.24 Å². The van der Waals surface area contributed by atoms with E-state index in [0.29, 0.717) is 0 Å². The molecule has 1 nitrogen and oxygen atoms in total. The van der Waals surface area contributed by atoms with Crippen molar-refractivity contribution in [3.63, 3.8) is 0 Å². The highest BCUT2D eigenvalue weighted by molar-refractivity contribution is 5.92. The minimum atomic E-state index is 1.19. The quantitative estimate of drug-likeness (QED) is 0.303. The molecule has 0 spiro atoms. The van der Waals surface area contributed by atoms with Crippen LogP contribution in [-0.2, 0) is 0 Å². The highest BCUT2D eigenvalue weighted by Crippen LogP contribution is 2.39. The fourth-order valence-corrected chi connectivity index (χ4v) is 4.12. The van der Waals surface area contributed by atoms with E-state index >= 15 is 0 Å². The number of nitrogens with zero attached hydrogens (tertiary/aromatic N) is 1. The molecule has 0 amide bonds. The molecule has 5 aromatic carbocycles. The third kappa shape index (κ3) is 3.35. The van der Waals surface area contributed by atoms with Crippen LogP contribution < -0.4 is 4.90 Å². The molecule has 30 heavy (non-hydrogen) atoms. The molecule has 0 saturated carbocycles. The van der Waals surface area contributed by atoms with E-state index in [1.54, 1.807) is 0 Å². The lowest BCUT2D eigenvalue weighted by molar-refractivity contribution is 1.21. The second kappa shape index (κ2) is 7.88. The van der Waals surface area contributed by atoms with E-state index in [4.69, 9.17) is 0 Å². The van der Waals surface area contributed by atoms with Crippen molar-refractivity contribution >= 4 is 22.1 Å². The SMILES string of the molecule is CN(c1ccccc1-c1ccccc1)c1ccccc1-c1ccc2ccccc2c1. The summed E-state index contributed by atoms with van der Waals surface area (Å²) in [6.45, 7) is 0. The van der Waals surface area contributed by atoms with Gasteiger partial charge in [-0.05, 0) is 40.1 Å². The van der Waals surface area contributed by atoms with E-state index in [1.807, 2.05) is 0 Å². The number of fused-ring (bicyclic) bond motifs is 1. The molecular formula is C29H23N. The van der Waals surface area contributed by atoms with Crippen LogP contribution in [0.4, 0.5) is 11.4 Å². The van der Waals surface area contributed by atoms with Gasteiger partial charge in [-0.3, -0.25) is 0 Å². The normalized spacial score (nSPS) is 10.8. The van der Waals surface area contributed by atoms with Gasteiger partial charge in [0.25, 0.3) is 0 Å². The van der Waals surface area contributed by atoms with Crippen LogP contribution in [0.15, 0.2) is 121 Å². The van der Waals surface area contributed by atoms with Crippen molar-refractivity contribution < 1.29 is 0 Å². The van der Waals surface area contributed by atoms with Crippen LogP contribution in [-0.4, -0.2) is 7.05 Å². The maximum atomic E-state index is 2.30. The molecule has 1 heteroatoms. The predicted molar refractivity (Wildman–Crippen MR) is 129 cm³/mol. The Morgan fingerprint density at radius 3 is 1.67 bits per heavy atom. The molecule has 144 valence electrons. The van der Waals surface area contributed by atoms with Crippen molar-refractivity contribution in [3.05, 3.63) is 121 Å². The average molecular weight is 386 g/mol. The van der Waals surface area contributed by atoms with Crippen molar-refractivity contribution in [2.75, 3.05) is 11.9 Å². The zero-order valence-electron chi connectivity index (χ0n) is 17.0. The minimum Gasteiger partial charge on any atom is -0.344 e. The molecule has 5 aromatic rings. The first-order chi connectivity index (χ1) is 14.8. The highest BCUT2D eigenvalue weighted by Gasteiger charge is 2.14. The Balaban J connectivity index is 1.63. The second-order valence-electron chi connectivity index (χ2n) is 7.52. The molecule has 0 radical (unpaired) electrons. The lowest BCUT2D eigenvalue weighted by atomic mass is 9.98. The first-order valence-corrected chi connectivity index (χ1v) is 10.3. The highest BCUT2D eigenvalue weighted by atomic mass is 15.1. The summed E-state index contributed by atoms with van der Waals surface area (Å²) in [4.78, 5) is 2.30. The smallest absolute Gasteiger partial charge is 0.0487 e. The zero-order chi connectivity index (χ0) is 20.3. The summed E-state index contributed by atoms with van der Waals surface area (Å²) < 4.78 is 0. The third-order valence-electron chi connectivity index (χ3n) is 5.68. The molecule has 0 aliphatic carbocycles. The summed E-state index contributed by atoms with van der Waals surface area (Å²) in [5.74, 6) is 0. The molecule has 0 heterocycles. The molecule has 5 rings (SSSR count). The van der Waals surface area contributed by atoms with E-state index in [1.165, 1.54) is 44.4 Å². The van der Waals surface area contributed by atoms with Gasteiger partial charge in [0.05, 0.1) is 0 Å². The number of hydrogen-bond acceptors (Lipinski definition) is 1. The Hall–Kier alpha value is -3.84. The number of para-hydroxylation sites is 2. The first-order valence-electron chi connectivity index (χ1n) is 10.3. The molecule has 0 unspecified atom stereocenters. The Morgan fingerprint density at radius 2 is 0.967 bits per heavy atom. The van der Waals surface area contributed by atoms with Crippen molar-refractivity contribution in [1.29, 1.82) is 0 Å². The third-order valence-corrected chi connectivity index (χ3v) is 5.68. The maximum absolute atomic E-state index is 2.30. The van der Waals surface area contributed by atoms with E-state index in [9.17, 15) is 0 Å². The van der Waals surface area contributed by atoms with Gasteiger partial charge in [-0.1, -0.05) is 103 Å². The molecular weight excluding hydrogens is 362 g/mol. The Bertz CT molecular complexity index is 1300. The summed E-state index contributed by atoms with van der Waals surface area (Å²) in [7, 11) is 2.15. The van der Waals surface area contributed by atoms with Crippen LogP contribution in [0.3, 0.4) is 0 Å². The van der Waals surface area contributed by atoms with Gasteiger partial charge in [0.15, 0.2) is 0 Å². The van der Waals surface area contributed by atoms with Gasteiger partial charge in [0.2, 0.25) is 0 Å². The number of hydrogen-bond donors (Lipinski definition) is 0. The predicted octanol–water partition coefficient (Wildman–Crippen LogP) is 7.94. The Morgan fingerprint density at radius 1 is 0.433 bits per heavy atom. The fourth-order valence-electron chi connectivity index (χ4n) is 4.12. The van der Waals surface area contributed by atoms with Gasteiger partial charge < -0.3 is 4.90 Å². The summed E-state index contributed by atoms with van der Waals surface area (Å²) in [5, 5.41) is 2.53. The maximum Gasteiger partial charge on any atom is 0.0487 e. The van der Waals surface area contributed by atoms with Crippen LogP contribution in [0.2, 0.25) is 0 Å². The van der Waals surface area contributed by atoms with Crippen LogP contribution >= 0.6 is 0 Å². The van der Waals surface area contributed by atoms with Crippen molar-refractivity contribution in [2.45, 2.75) is 0 Å². The monoisotopic (exact) mass is 385 g/mol. The van der Waals surface area contributed by atoms with Crippen molar-refractivity contribution in [3.8, 4) is 22.3 Å².